The van der Waals surface area contributed by atoms with Gasteiger partial charge < -0.3 is 14.8 Å². The topological polar surface area (TPSA) is 50.8 Å². The monoisotopic (exact) mass is 348 g/mol. The van der Waals surface area contributed by atoms with E-state index >= 15 is 0 Å². The Labute approximate surface area is 151 Å². The smallest absolute Gasteiger partial charge is 0.248 e. The molecule has 2 atom stereocenters. The quantitative estimate of drug-likeness (QED) is 0.660. The van der Waals surface area contributed by atoms with Gasteiger partial charge in [0.05, 0.1) is 13.2 Å². The number of piperidine rings is 1. The molecule has 1 saturated heterocycles. The molecule has 1 aromatic carbocycles. The van der Waals surface area contributed by atoms with Crippen molar-refractivity contribution in [1.82, 2.24) is 10.2 Å². The van der Waals surface area contributed by atoms with E-state index in [1.807, 2.05) is 6.92 Å². The van der Waals surface area contributed by atoms with Crippen LogP contribution in [0.4, 0.5) is 0 Å². The van der Waals surface area contributed by atoms with E-state index in [0.29, 0.717) is 25.7 Å². The maximum absolute atomic E-state index is 12.1. The fraction of sp³-hybridized carbons (Fsp3) is 0.650. The molecule has 5 heteroatoms. The van der Waals surface area contributed by atoms with Crippen LogP contribution >= 0.6 is 0 Å². The Bertz CT molecular complexity index is 495. The molecule has 1 heterocycles. The molecule has 1 amide bonds. The summed E-state index contributed by atoms with van der Waals surface area (Å²) in [4.78, 5) is 14.6. The average molecular weight is 348 g/mol. The normalized spacial score (nSPS) is 19.5. The second-order valence-electron chi connectivity index (χ2n) is 6.68. The number of carbonyl (C=O) groups excluding carboxylic acids is 1. The SMILES string of the molecule is CCOCCO[C@H](C)C(=O)NC[C@@H]1CCCN(Cc2ccccc2)C1. The summed E-state index contributed by atoms with van der Waals surface area (Å²) < 4.78 is 10.7. The molecule has 1 aliphatic rings. The summed E-state index contributed by atoms with van der Waals surface area (Å²) >= 11 is 0. The summed E-state index contributed by atoms with van der Waals surface area (Å²) in [6.45, 7) is 9.29. The van der Waals surface area contributed by atoms with Crippen molar-refractivity contribution in [2.75, 3.05) is 39.5 Å². The molecule has 0 aromatic heterocycles. The first-order valence-electron chi connectivity index (χ1n) is 9.42. The van der Waals surface area contributed by atoms with E-state index in [2.05, 4.69) is 40.5 Å². The van der Waals surface area contributed by atoms with E-state index in [1.165, 1.54) is 18.4 Å². The van der Waals surface area contributed by atoms with Crippen LogP contribution in [0.25, 0.3) is 0 Å². The number of hydrogen-bond donors (Lipinski definition) is 1. The molecule has 2 rings (SSSR count). The molecule has 0 aliphatic carbocycles. The van der Waals surface area contributed by atoms with Crippen molar-refractivity contribution in [3.8, 4) is 0 Å². The van der Waals surface area contributed by atoms with Gasteiger partial charge in [-0.25, -0.2) is 0 Å². The maximum atomic E-state index is 12.1. The number of nitrogens with one attached hydrogen (secondary N) is 1. The number of ether oxygens (including phenoxy) is 2. The van der Waals surface area contributed by atoms with Gasteiger partial charge in [-0.1, -0.05) is 30.3 Å². The minimum absolute atomic E-state index is 0.0309. The Hall–Kier alpha value is -1.43. The Kier molecular flexibility index (Phi) is 8.94. The van der Waals surface area contributed by atoms with Crippen LogP contribution < -0.4 is 5.32 Å². The Balaban J connectivity index is 1.66. The number of nitrogens with zero attached hydrogens (tertiary/aromatic N) is 1. The Morgan fingerprint density at radius 3 is 2.88 bits per heavy atom. The van der Waals surface area contributed by atoms with Gasteiger partial charge in [-0.05, 0) is 44.7 Å². The zero-order valence-corrected chi connectivity index (χ0v) is 15.6. The van der Waals surface area contributed by atoms with E-state index in [-0.39, 0.29) is 5.91 Å². The van der Waals surface area contributed by atoms with Gasteiger partial charge >= 0.3 is 0 Å². The van der Waals surface area contributed by atoms with Gasteiger partial charge in [-0.15, -0.1) is 0 Å². The summed E-state index contributed by atoms with van der Waals surface area (Å²) in [7, 11) is 0. The minimum atomic E-state index is -0.426. The molecule has 0 unspecified atom stereocenters. The highest BCUT2D eigenvalue weighted by atomic mass is 16.5. The summed E-state index contributed by atoms with van der Waals surface area (Å²) in [6.07, 6.45) is 1.93. The number of benzene rings is 1. The fourth-order valence-electron chi connectivity index (χ4n) is 3.20. The minimum Gasteiger partial charge on any atom is -0.379 e. The molecule has 1 aliphatic heterocycles. The first-order valence-corrected chi connectivity index (χ1v) is 9.42. The number of amides is 1. The van der Waals surface area contributed by atoms with Crippen molar-refractivity contribution >= 4 is 5.91 Å². The van der Waals surface area contributed by atoms with Crippen LogP contribution in [-0.2, 0) is 20.8 Å². The third-order valence-electron chi connectivity index (χ3n) is 4.59. The van der Waals surface area contributed by atoms with E-state index in [1.54, 1.807) is 6.92 Å². The van der Waals surface area contributed by atoms with E-state index < -0.39 is 6.10 Å². The van der Waals surface area contributed by atoms with Crippen LogP contribution in [0.2, 0.25) is 0 Å². The van der Waals surface area contributed by atoms with Crippen molar-refractivity contribution in [1.29, 1.82) is 0 Å². The predicted molar refractivity (Wildman–Crippen MR) is 99.4 cm³/mol. The summed E-state index contributed by atoms with van der Waals surface area (Å²) in [5.41, 5.74) is 1.35. The number of carbonyl (C=O) groups is 1. The van der Waals surface area contributed by atoms with Gasteiger partial charge in [0.15, 0.2) is 0 Å². The summed E-state index contributed by atoms with van der Waals surface area (Å²) in [5, 5.41) is 3.05. The second kappa shape index (κ2) is 11.2. The third-order valence-corrected chi connectivity index (χ3v) is 4.59. The zero-order chi connectivity index (χ0) is 17.9. The molecular formula is C20H32N2O3. The lowest BCUT2D eigenvalue weighted by molar-refractivity contribution is -0.132. The first-order chi connectivity index (χ1) is 12.2. The van der Waals surface area contributed by atoms with Crippen LogP contribution in [0.15, 0.2) is 30.3 Å². The highest BCUT2D eigenvalue weighted by Gasteiger charge is 2.21. The van der Waals surface area contributed by atoms with Crippen LogP contribution in [0.5, 0.6) is 0 Å². The average Bonchev–Trinajstić information content (AvgIpc) is 2.64. The van der Waals surface area contributed by atoms with Crippen LogP contribution in [0.3, 0.4) is 0 Å². The molecule has 0 radical (unpaired) electrons. The van der Waals surface area contributed by atoms with E-state index in [9.17, 15) is 4.79 Å². The van der Waals surface area contributed by atoms with Crippen LogP contribution in [0, 0.1) is 5.92 Å². The highest BCUT2D eigenvalue weighted by molar-refractivity contribution is 5.80. The zero-order valence-electron chi connectivity index (χ0n) is 15.6. The van der Waals surface area contributed by atoms with Gasteiger partial charge in [0, 0.05) is 26.2 Å². The fourth-order valence-corrected chi connectivity index (χ4v) is 3.20. The molecule has 1 aromatic rings. The lowest BCUT2D eigenvalue weighted by atomic mass is 9.97. The number of hydrogen-bond acceptors (Lipinski definition) is 4. The molecule has 25 heavy (non-hydrogen) atoms. The lowest BCUT2D eigenvalue weighted by Crippen LogP contribution is -2.43. The number of rotatable bonds is 10. The summed E-state index contributed by atoms with van der Waals surface area (Å²) in [6, 6.07) is 10.6. The predicted octanol–water partition coefficient (Wildman–Crippen LogP) is 2.46. The van der Waals surface area contributed by atoms with Gasteiger partial charge in [0.1, 0.15) is 6.10 Å². The van der Waals surface area contributed by atoms with Crippen LogP contribution in [0.1, 0.15) is 32.3 Å². The standard InChI is InChI=1S/C20H32N2O3/c1-3-24-12-13-25-17(2)20(23)21-14-19-10-7-11-22(16-19)15-18-8-5-4-6-9-18/h4-6,8-9,17,19H,3,7,10-16H2,1-2H3,(H,21,23)/t17-,19+/m1/s1. The van der Waals surface area contributed by atoms with Gasteiger partial charge in [-0.3, -0.25) is 9.69 Å². The van der Waals surface area contributed by atoms with Crippen molar-refractivity contribution in [3.05, 3.63) is 35.9 Å². The largest absolute Gasteiger partial charge is 0.379 e. The second-order valence-corrected chi connectivity index (χ2v) is 6.68. The number of likely N-dealkylation sites (tertiary alicyclic amines) is 1. The first kappa shape index (κ1) is 19.9. The molecule has 1 N–H and O–H groups in total. The Morgan fingerprint density at radius 2 is 2.12 bits per heavy atom. The third kappa shape index (κ3) is 7.55. The van der Waals surface area contributed by atoms with Gasteiger partial charge in [-0.2, -0.15) is 0 Å². The summed E-state index contributed by atoms with van der Waals surface area (Å²) in [5.74, 6) is 0.480. The maximum Gasteiger partial charge on any atom is 0.248 e. The molecule has 0 spiro atoms. The van der Waals surface area contributed by atoms with E-state index in [4.69, 9.17) is 9.47 Å². The van der Waals surface area contributed by atoms with Crippen molar-refractivity contribution < 1.29 is 14.3 Å². The van der Waals surface area contributed by atoms with Crippen molar-refractivity contribution in [2.24, 2.45) is 5.92 Å². The van der Waals surface area contributed by atoms with Crippen LogP contribution in [-0.4, -0.2) is 56.4 Å². The molecule has 1 fully saturated rings. The molecule has 0 saturated carbocycles. The van der Waals surface area contributed by atoms with Crippen molar-refractivity contribution in [2.45, 2.75) is 39.3 Å². The molecule has 5 nitrogen and oxygen atoms in total. The van der Waals surface area contributed by atoms with E-state index in [0.717, 1.165) is 26.2 Å². The molecular weight excluding hydrogens is 316 g/mol. The highest BCUT2D eigenvalue weighted by Crippen LogP contribution is 2.18. The lowest BCUT2D eigenvalue weighted by Gasteiger charge is -2.33. The molecule has 0 bridgehead atoms. The Morgan fingerprint density at radius 1 is 1.32 bits per heavy atom. The van der Waals surface area contributed by atoms with Gasteiger partial charge in [0.25, 0.3) is 0 Å². The van der Waals surface area contributed by atoms with Gasteiger partial charge in [0.2, 0.25) is 5.91 Å². The van der Waals surface area contributed by atoms with Crippen molar-refractivity contribution in [3.63, 3.8) is 0 Å². The molecule has 140 valence electrons.